The molecule has 0 heterocycles. The molecule has 0 aliphatic carbocycles. The van der Waals surface area contributed by atoms with Crippen LogP contribution < -0.4 is 5.73 Å². The number of nitrogens with two attached hydrogens (primary N) is 1. The Balaban J connectivity index is 4.47. The molecule has 0 saturated carbocycles. The van der Waals surface area contributed by atoms with Crippen molar-refractivity contribution in [3.8, 4) is 0 Å². The lowest BCUT2D eigenvalue weighted by Crippen LogP contribution is -2.43. The van der Waals surface area contributed by atoms with Crippen molar-refractivity contribution in [2.24, 2.45) is 5.73 Å². The highest BCUT2D eigenvalue weighted by Crippen LogP contribution is 2.15. The van der Waals surface area contributed by atoms with Gasteiger partial charge in [-0.3, -0.25) is 10.3 Å². The molecule has 0 aromatic carbocycles. The Bertz CT molecular complexity index is 192. The number of unbranched alkanes of at least 4 members (excludes halogenated alkanes) is 1. The van der Waals surface area contributed by atoms with Gasteiger partial charge in [-0.05, 0) is 32.7 Å². The smallest absolute Gasteiger partial charge is 0.0921 e. The van der Waals surface area contributed by atoms with Crippen LogP contribution in [-0.4, -0.2) is 29.4 Å². The van der Waals surface area contributed by atoms with Crippen molar-refractivity contribution in [1.29, 1.82) is 5.41 Å². The molecule has 0 aliphatic rings. The second kappa shape index (κ2) is 8.57. The van der Waals surface area contributed by atoms with Crippen LogP contribution in [0.25, 0.3) is 0 Å². The van der Waals surface area contributed by atoms with Crippen molar-refractivity contribution >= 4 is 5.84 Å². The number of hydrogen-bond acceptors (Lipinski definition) is 2. The third kappa shape index (κ3) is 5.50. The van der Waals surface area contributed by atoms with E-state index >= 15 is 0 Å². The normalized spacial score (nSPS) is 15.1. The molecule has 3 N–H and O–H groups in total. The van der Waals surface area contributed by atoms with E-state index in [1.54, 1.807) is 0 Å². The number of amidine groups is 1. The average Bonchev–Trinajstić information content (AvgIpc) is 2.26. The lowest BCUT2D eigenvalue weighted by molar-refractivity contribution is 0.136. The zero-order valence-corrected chi connectivity index (χ0v) is 11.4. The van der Waals surface area contributed by atoms with Gasteiger partial charge in [0, 0.05) is 18.5 Å². The van der Waals surface area contributed by atoms with Crippen LogP contribution in [0.3, 0.4) is 0 Å². The minimum Gasteiger partial charge on any atom is -0.388 e. The van der Waals surface area contributed by atoms with Crippen LogP contribution in [0.5, 0.6) is 0 Å². The van der Waals surface area contributed by atoms with E-state index in [9.17, 15) is 0 Å². The molecule has 0 saturated heterocycles. The van der Waals surface area contributed by atoms with Crippen LogP contribution in [0.4, 0.5) is 0 Å². The van der Waals surface area contributed by atoms with Crippen LogP contribution in [0, 0.1) is 5.41 Å². The molecule has 96 valence electrons. The Morgan fingerprint density at radius 2 is 1.88 bits per heavy atom. The Morgan fingerprint density at radius 1 is 1.25 bits per heavy atom. The number of nitrogens with zero attached hydrogens (tertiary/aromatic N) is 1. The van der Waals surface area contributed by atoms with Gasteiger partial charge in [-0.25, -0.2) is 0 Å². The number of nitrogens with one attached hydrogen (secondary N) is 1. The lowest BCUT2D eigenvalue weighted by Gasteiger charge is -2.35. The standard InChI is InChI=1S/C13H29N3/c1-5-8-9-16(11(4)6-2)12(7-3)10-13(14)15/h11-12H,5-10H2,1-4H3,(H3,14,15). The first kappa shape index (κ1) is 15.4. The molecular formula is C13H29N3. The summed E-state index contributed by atoms with van der Waals surface area (Å²) in [5, 5.41) is 7.45. The van der Waals surface area contributed by atoms with Crippen molar-refractivity contribution in [2.75, 3.05) is 6.54 Å². The topological polar surface area (TPSA) is 53.1 Å². The summed E-state index contributed by atoms with van der Waals surface area (Å²) in [5.41, 5.74) is 5.53. The molecule has 0 spiro atoms. The molecule has 0 aliphatic heterocycles. The first-order valence-electron chi connectivity index (χ1n) is 6.65. The monoisotopic (exact) mass is 227 g/mol. The van der Waals surface area contributed by atoms with Gasteiger partial charge in [0.05, 0.1) is 5.84 Å². The molecule has 0 amide bonds. The lowest BCUT2D eigenvalue weighted by atomic mass is 10.0. The SMILES string of the molecule is CCCCN(C(C)CC)C(CC)CC(=N)N. The van der Waals surface area contributed by atoms with Crippen LogP contribution in [-0.2, 0) is 0 Å². The Kier molecular flexibility index (Phi) is 8.26. The van der Waals surface area contributed by atoms with Crippen LogP contribution in [0.2, 0.25) is 0 Å². The van der Waals surface area contributed by atoms with Gasteiger partial charge in [-0.2, -0.15) is 0 Å². The van der Waals surface area contributed by atoms with Crippen molar-refractivity contribution in [1.82, 2.24) is 4.90 Å². The number of hydrogen-bond donors (Lipinski definition) is 2. The zero-order valence-electron chi connectivity index (χ0n) is 11.4. The van der Waals surface area contributed by atoms with Gasteiger partial charge in [0.15, 0.2) is 0 Å². The van der Waals surface area contributed by atoms with Crippen molar-refractivity contribution in [3.05, 3.63) is 0 Å². The zero-order chi connectivity index (χ0) is 12.6. The van der Waals surface area contributed by atoms with Gasteiger partial charge in [-0.1, -0.05) is 27.2 Å². The summed E-state index contributed by atoms with van der Waals surface area (Å²) in [4.78, 5) is 2.53. The Labute approximate surface area is 101 Å². The van der Waals surface area contributed by atoms with Gasteiger partial charge in [0.25, 0.3) is 0 Å². The second-order valence-electron chi connectivity index (χ2n) is 4.64. The maximum atomic E-state index is 7.45. The molecular weight excluding hydrogens is 198 g/mol. The van der Waals surface area contributed by atoms with E-state index in [2.05, 4.69) is 32.6 Å². The predicted molar refractivity (Wildman–Crippen MR) is 72.0 cm³/mol. The van der Waals surface area contributed by atoms with E-state index in [-0.39, 0.29) is 0 Å². The molecule has 0 aromatic rings. The fraction of sp³-hybridized carbons (Fsp3) is 0.923. The van der Waals surface area contributed by atoms with Gasteiger partial charge < -0.3 is 5.73 Å². The van der Waals surface area contributed by atoms with Gasteiger partial charge in [-0.15, -0.1) is 0 Å². The van der Waals surface area contributed by atoms with Crippen molar-refractivity contribution < 1.29 is 0 Å². The summed E-state index contributed by atoms with van der Waals surface area (Å²) in [6.07, 6.45) is 5.42. The maximum absolute atomic E-state index is 7.45. The fourth-order valence-corrected chi connectivity index (χ4v) is 2.09. The largest absolute Gasteiger partial charge is 0.388 e. The molecule has 3 nitrogen and oxygen atoms in total. The van der Waals surface area contributed by atoms with E-state index in [0.717, 1.165) is 19.4 Å². The Hall–Kier alpha value is -0.570. The molecule has 3 heteroatoms. The summed E-state index contributed by atoms with van der Waals surface area (Å²) in [6.45, 7) is 10.1. The summed E-state index contributed by atoms with van der Waals surface area (Å²) in [7, 11) is 0. The fourth-order valence-electron chi connectivity index (χ4n) is 2.09. The first-order valence-corrected chi connectivity index (χ1v) is 6.65. The van der Waals surface area contributed by atoms with Crippen LogP contribution in [0.15, 0.2) is 0 Å². The van der Waals surface area contributed by atoms with Crippen molar-refractivity contribution in [2.45, 2.75) is 71.9 Å². The molecule has 0 bridgehead atoms. The van der Waals surface area contributed by atoms with Gasteiger partial charge >= 0.3 is 0 Å². The van der Waals surface area contributed by atoms with Crippen LogP contribution in [0.1, 0.15) is 59.8 Å². The minimum atomic E-state index is 0.316. The third-order valence-corrected chi connectivity index (χ3v) is 3.32. The molecule has 0 fully saturated rings. The first-order chi connectivity index (χ1) is 7.56. The molecule has 0 radical (unpaired) electrons. The summed E-state index contributed by atoms with van der Waals surface area (Å²) in [6, 6.07) is 1.04. The van der Waals surface area contributed by atoms with Crippen LogP contribution >= 0.6 is 0 Å². The highest BCUT2D eigenvalue weighted by molar-refractivity contribution is 5.77. The van der Waals surface area contributed by atoms with E-state index in [1.165, 1.54) is 12.8 Å². The predicted octanol–water partition coefficient (Wildman–Crippen LogP) is 2.99. The molecule has 2 unspecified atom stereocenters. The number of rotatable bonds is 9. The van der Waals surface area contributed by atoms with E-state index in [0.29, 0.717) is 24.3 Å². The minimum absolute atomic E-state index is 0.316. The molecule has 0 rings (SSSR count). The average molecular weight is 227 g/mol. The van der Waals surface area contributed by atoms with E-state index in [4.69, 9.17) is 11.1 Å². The quantitative estimate of drug-likeness (QED) is 0.470. The molecule has 2 atom stereocenters. The van der Waals surface area contributed by atoms with Gasteiger partial charge in [0.2, 0.25) is 0 Å². The Morgan fingerprint density at radius 3 is 2.25 bits per heavy atom. The second-order valence-corrected chi connectivity index (χ2v) is 4.64. The van der Waals surface area contributed by atoms with E-state index < -0.39 is 0 Å². The maximum Gasteiger partial charge on any atom is 0.0921 e. The third-order valence-electron chi connectivity index (χ3n) is 3.32. The highest BCUT2D eigenvalue weighted by Gasteiger charge is 2.21. The summed E-state index contributed by atoms with van der Waals surface area (Å²) >= 11 is 0. The summed E-state index contributed by atoms with van der Waals surface area (Å²) in [5.74, 6) is 0.316. The van der Waals surface area contributed by atoms with Crippen molar-refractivity contribution in [3.63, 3.8) is 0 Å². The highest BCUT2D eigenvalue weighted by atomic mass is 15.2. The van der Waals surface area contributed by atoms with Gasteiger partial charge in [0.1, 0.15) is 0 Å². The molecule has 0 aromatic heterocycles. The van der Waals surface area contributed by atoms with E-state index in [1.807, 2.05) is 0 Å². The summed E-state index contributed by atoms with van der Waals surface area (Å²) < 4.78 is 0. The molecule has 16 heavy (non-hydrogen) atoms.